The summed E-state index contributed by atoms with van der Waals surface area (Å²) in [5.74, 6) is -0.353. The fourth-order valence-corrected chi connectivity index (χ4v) is 5.36. The van der Waals surface area contributed by atoms with Crippen LogP contribution in [0, 0.1) is 0 Å². The van der Waals surface area contributed by atoms with E-state index < -0.39 is 12.0 Å². The van der Waals surface area contributed by atoms with E-state index in [-0.39, 0.29) is 18.2 Å². The smallest absolute Gasteiger partial charge is 0.339 e. The second kappa shape index (κ2) is 10.5. The minimum absolute atomic E-state index is 0.0209. The van der Waals surface area contributed by atoms with Gasteiger partial charge in [0.2, 0.25) is 0 Å². The summed E-state index contributed by atoms with van der Waals surface area (Å²) in [7, 11) is 0. The number of nitrogens with zero attached hydrogens (tertiary/aromatic N) is 2. The Morgan fingerprint density at radius 3 is 2.38 bits per heavy atom. The van der Waals surface area contributed by atoms with Gasteiger partial charge in [0.05, 0.1) is 19.2 Å². The number of hydroxylamine groups is 1. The first-order valence-corrected chi connectivity index (χ1v) is 12.2. The van der Waals surface area contributed by atoms with E-state index in [1.807, 2.05) is 0 Å². The number of allylic oxidation sites excluding steroid dienone is 2. The number of rotatable bonds is 6. The van der Waals surface area contributed by atoms with E-state index in [4.69, 9.17) is 4.74 Å². The molecule has 3 aliphatic rings. The van der Waals surface area contributed by atoms with E-state index in [0.29, 0.717) is 17.5 Å². The lowest BCUT2D eigenvalue weighted by Gasteiger charge is -2.23. The number of carbonyl (C=O) groups excluding carboxylic acids is 1. The van der Waals surface area contributed by atoms with Crippen molar-refractivity contribution in [1.82, 2.24) is 10.6 Å². The van der Waals surface area contributed by atoms with Crippen molar-refractivity contribution in [2.75, 3.05) is 11.9 Å². The maximum absolute atomic E-state index is 13.0. The van der Waals surface area contributed by atoms with Crippen LogP contribution in [0.3, 0.4) is 0 Å². The Morgan fingerprint density at radius 2 is 1.76 bits per heavy atom. The highest BCUT2D eigenvalue weighted by Gasteiger charge is 2.30. The van der Waals surface area contributed by atoms with E-state index >= 15 is 0 Å². The van der Waals surface area contributed by atoms with E-state index in [0.717, 1.165) is 91.3 Å². The second-order valence-corrected chi connectivity index (χ2v) is 9.20. The maximum atomic E-state index is 13.0. The number of anilines is 1. The highest BCUT2D eigenvalue weighted by Crippen LogP contribution is 2.42. The molecule has 4 rings (SSSR count). The number of urea groups is 1. The lowest BCUT2D eigenvalue weighted by molar-refractivity contribution is -0.136. The van der Waals surface area contributed by atoms with Gasteiger partial charge in [-0.2, -0.15) is 5.17 Å². The van der Waals surface area contributed by atoms with Crippen molar-refractivity contribution in [3.8, 4) is 0 Å². The number of hydrazine groups is 1. The molecule has 1 aliphatic heterocycles. The van der Waals surface area contributed by atoms with Gasteiger partial charge < -0.3 is 15.2 Å². The molecule has 1 heterocycles. The maximum Gasteiger partial charge on any atom is 0.339 e. The Balaban J connectivity index is 1.56. The molecule has 9 heteroatoms. The minimum Gasteiger partial charge on any atom is -0.496 e. The first-order chi connectivity index (χ1) is 16.4. The van der Waals surface area contributed by atoms with E-state index in [1.165, 1.54) is 0 Å². The number of hydrogen-bond donors (Lipinski definition) is 4. The zero-order chi connectivity index (χ0) is 24.2. The molecule has 4 N–H and O–H groups in total. The van der Waals surface area contributed by atoms with Crippen molar-refractivity contribution in [2.24, 2.45) is 4.99 Å². The Kier molecular flexibility index (Phi) is 7.41. The van der Waals surface area contributed by atoms with E-state index in [1.54, 1.807) is 13.1 Å². The van der Waals surface area contributed by atoms with Crippen molar-refractivity contribution >= 4 is 23.9 Å². The van der Waals surface area contributed by atoms with Crippen LogP contribution in [0.25, 0.3) is 0 Å². The van der Waals surface area contributed by atoms with Gasteiger partial charge in [-0.25, -0.2) is 10.2 Å². The summed E-state index contributed by atoms with van der Waals surface area (Å²) in [5, 5.41) is 23.7. The van der Waals surface area contributed by atoms with Gasteiger partial charge >= 0.3 is 12.0 Å². The van der Waals surface area contributed by atoms with Crippen LogP contribution in [-0.2, 0) is 41.6 Å². The van der Waals surface area contributed by atoms with Gasteiger partial charge in [0, 0.05) is 11.7 Å². The Bertz CT molecular complexity index is 998. The molecule has 2 amide bonds. The van der Waals surface area contributed by atoms with Crippen LogP contribution in [0.2, 0.25) is 0 Å². The van der Waals surface area contributed by atoms with Crippen LogP contribution < -0.4 is 10.7 Å². The summed E-state index contributed by atoms with van der Waals surface area (Å²) in [6.07, 6.45) is 9.35. The SMILES string of the molecule is CCC1CCCO/C(C)=C(\N(O)NC(=O)Nc2c3c(c(CC(=O)O)c4c2CCC4)CCC3)C=N1. The van der Waals surface area contributed by atoms with Crippen LogP contribution in [0.1, 0.15) is 73.8 Å². The molecule has 9 nitrogen and oxygen atoms in total. The third-order valence-electron chi connectivity index (χ3n) is 7.01. The Hall–Kier alpha value is -3.07. The van der Waals surface area contributed by atoms with Crippen molar-refractivity contribution in [1.29, 1.82) is 0 Å². The molecule has 34 heavy (non-hydrogen) atoms. The number of nitrogens with one attached hydrogen (secondary N) is 2. The summed E-state index contributed by atoms with van der Waals surface area (Å²) in [6.45, 7) is 4.32. The van der Waals surface area contributed by atoms with Crippen LogP contribution in [0.5, 0.6) is 0 Å². The van der Waals surface area contributed by atoms with Crippen LogP contribution >= 0.6 is 0 Å². The number of hydrogen-bond acceptors (Lipinski definition) is 6. The van der Waals surface area contributed by atoms with Gasteiger partial charge in [-0.15, -0.1) is 0 Å². The monoisotopic (exact) mass is 470 g/mol. The summed E-state index contributed by atoms with van der Waals surface area (Å²) in [5.41, 5.74) is 8.67. The summed E-state index contributed by atoms with van der Waals surface area (Å²) in [6, 6.07) is -0.432. The quantitative estimate of drug-likeness (QED) is 0.468. The molecule has 1 unspecified atom stereocenters. The fourth-order valence-electron chi connectivity index (χ4n) is 5.36. The normalized spacial score (nSPS) is 21.6. The fraction of sp³-hybridized carbons (Fsp3) is 0.560. The molecule has 0 fully saturated rings. The third kappa shape index (κ3) is 5.04. The van der Waals surface area contributed by atoms with Crippen molar-refractivity contribution in [3.05, 3.63) is 39.3 Å². The summed E-state index contributed by atoms with van der Waals surface area (Å²) < 4.78 is 5.72. The number of benzene rings is 1. The molecule has 0 saturated carbocycles. The van der Waals surface area contributed by atoms with Gasteiger partial charge in [-0.3, -0.25) is 15.0 Å². The highest BCUT2D eigenvalue weighted by molar-refractivity contribution is 5.93. The second-order valence-electron chi connectivity index (χ2n) is 9.20. The molecule has 1 aromatic carbocycles. The summed E-state index contributed by atoms with van der Waals surface area (Å²) >= 11 is 0. The number of carbonyl (C=O) groups is 2. The van der Waals surface area contributed by atoms with Crippen molar-refractivity contribution in [2.45, 2.75) is 84.1 Å². The number of carboxylic acids is 1. The molecule has 1 atom stereocenters. The van der Waals surface area contributed by atoms with Gasteiger partial charge in [0.1, 0.15) is 11.5 Å². The van der Waals surface area contributed by atoms with Crippen LogP contribution in [0.15, 0.2) is 16.4 Å². The van der Waals surface area contributed by atoms with E-state index in [9.17, 15) is 19.9 Å². The minimum atomic E-state index is -0.828. The van der Waals surface area contributed by atoms with Crippen molar-refractivity contribution < 1.29 is 24.6 Å². The van der Waals surface area contributed by atoms with Crippen LogP contribution in [0.4, 0.5) is 10.5 Å². The third-order valence-corrected chi connectivity index (χ3v) is 7.01. The van der Waals surface area contributed by atoms with Crippen molar-refractivity contribution in [3.63, 3.8) is 0 Å². The zero-order valence-corrected chi connectivity index (χ0v) is 19.9. The predicted molar refractivity (Wildman–Crippen MR) is 128 cm³/mol. The lowest BCUT2D eigenvalue weighted by atomic mass is 9.90. The predicted octanol–water partition coefficient (Wildman–Crippen LogP) is 3.91. The molecular formula is C25H34N4O5. The first-order valence-electron chi connectivity index (χ1n) is 12.2. The largest absolute Gasteiger partial charge is 0.496 e. The Labute approximate surface area is 199 Å². The van der Waals surface area contributed by atoms with Gasteiger partial charge in [0.15, 0.2) is 0 Å². The lowest BCUT2D eigenvalue weighted by Crippen LogP contribution is -2.43. The first kappa shape index (κ1) is 24.1. The average molecular weight is 471 g/mol. The number of fused-ring (bicyclic) bond motifs is 2. The molecular weight excluding hydrogens is 436 g/mol. The molecule has 2 aliphatic carbocycles. The van der Waals surface area contributed by atoms with Crippen LogP contribution in [-0.4, -0.2) is 46.3 Å². The van der Waals surface area contributed by atoms with E-state index in [2.05, 4.69) is 22.7 Å². The van der Waals surface area contributed by atoms with Gasteiger partial charge in [0.25, 0.3) is 0 Å². The number of aliphatic imine (C=N–C) groups is 1. The highest BCUT2D eigenvalue weighted by atomic mass is 16.5. The Morgan fingerprint density at radius 1 is 1.12 bits per heavy atom. The standard InChI is InChI=1S/C25H34N4O5/c1-3-16-7-6-12-34-15(2)22(14-26-16)29(33)28-25(32)27-24-19-10-4-8-17(19)21(13-23(30)31)18-9-5-11-20(18)24/h14,16,33H,3-13H2,1-2H3,(H,30,31)(H2,27,28,32)/b22-15-,26-14?. The molecule has 0 radical (unpaired) electrons. The molecule has 0 bridgehead atoms. The molecule has 0 aromatic heterocycles. The molecule has 0 spiro atoms. The molecule has 1 aromatic rings. The van der Waals surface area contributed by atoms with Gasteiger partial charge in [-0.05, 0) is 92.5 Å². The average Bonchev–Trinajstić information content (AvgIpc) is 3.47. The summed E-state index contributed by atoms with van der Waals surface area (Å²) in [4.78, 5) is 29.0. The zero-order valence-electron chi connectivity index (χ0n) is 19.9. The topological polar surface area (TPSA) is 123 Å². The number of amides is 2. The molecule has 184 valence electrons. The number of ether oxygens (including phenoxy) is 1. The van der Waals surface area contributed by atoms with Gasteiger partial charge in [-0.1, -0.05) is 6.92 Å². The number of carboxylic acid groups (broad SMARTS) is 1. The number of aliphatic carboxylic acids is 1. The molecule has 0 saturated heterocycles.